The van der Waals surface area contributed by atoms with Gasteiger partial charge < -0.3 is 15.1 Å². The van der Waals surface area contributed by atoms with Crippen molar-refractivity contribution in [3.8, 4) is 0 Å². The fourth-order valence-corrected chi connectivity index (χ4v) is 3.60. The lowest BCUT2D eigenvalue weighted by Crippen LogP contribution is -2.39. The second-order valence-corrected chi connectivity index (χ2v) is 8.05. The molecule has 2 aromatic rings. The molecular weight excluding hydrogens is 407 g/mol. The third-order valence-electron chi connectivity index (χ3n) is 3.68. The van der Waals surface area contributed by atoms with Crippen LogP contribution in [-0.4, -0.2) is 60.3 Å². The second kappa shape index (κ2) is 10.0. The molecule has 6 nitrogen and oxygen atoms in total. The second-order valence-electron chi connectivity index (χ2n) is 6.35. The third kappa shape index (κ3) is 6.77. The van der Waals surface area contributed by atoms with E-state index in [4.69, 9.17) is 23.2 Å². The highest BCUT2D eigenvalue weighted by Gasteiger charge is 2.21. The highest BCUT2D eigenvalue weighted by molar-refractivity contribution is 7.13. The van der Waals surface area contributed by atoms with Gasteiger partial charge in [0.2, 0.25) is 5.91 Å². The number of anilines is 1. The maximum atomic E-state index is 12.9. The van der Waals surface area contributed by atoms with Crippen LogP contribution < -0.4 is 5.32 Å². The van der Waals surface area contributed by atoms with E-state index in [0.29, 0.717) is 22.3 Å². The molecule has 0 radical (unpaired) electrons. The molecule has 0 spiro atoms. The van der Waals surface area contributed by atoms with Crippen molar-refractivity contribution in [3.63, 3.8) is 0 Å². The fourth-order valence-electron chi connectivity index (χ4n) is 2.41. The predicted octanol–water partition coefficient (Wildman–Crippen LogP) is 3.79. The number of carbonyl (C=O) groups excluding carboxylic acids is 2. The summed E-state index contributed by atoms with van der Waals surface area (Å²) in [4.78, 5) is 33.1. The first-order chi connectivity index (χ1) is 12.8. The first kappa shape index (κ1) is 21.6. The summed E-state index contributed by atoms with van der Waals surface area (Å²) < 4.78 is 0. The van der Waals surface area contributed by atoms with Gasteiger partial charge >= 0.3 is 0 Å². The fraction of sp³-hybridized carbons (Fsp3) is 0.389. The SMILES string of the molecule is Cc1csc(NC(=O)CN(CCCN(C)C)C(=O)c2ccc(Cl)cc2Cl)n1. The number of benzene rings is 1. The van der Waals surface area contributed by atoms with Crippen LogP contribution in [0.1, 0.15) is 22.5 Å². The van der Waals surface area contributed by atoms with Gasteiger partial charge in [-0.3, -0.25) is 9.59 Å². The molecule has 146 valence electrons. The number of carbonyl (C=O) groups is 2. The summed E-state index contributed by atoms with van der Waals surface area (Å²) in [7, 11) is 3.92. The minimum Gasteiger partial charge on any atom is -0.329 e. The van der Waals surface area contributed by atoms with Crippen LogP contribution >= 0.6 is 34.5 Å². The Hall–Kier alpha value is -1.67. The molecule has 0 aliphatic carbocycles. The van der Waals surface area contributed by atoms with Crippen LogP contribution in [0.4, 0.5) is 5.13 Å². The number of aryl methyl sites for hydroxylation is 1. The molecule has 1 heterocycles. The van der Waals surface area contributed by atoms with Gasteiger partial charge in [-0.15, -0.1) is 11.3 Å². The Kier molecular flexibility index (Phi) is 8.04. The van der Waals surface area contributed by atoms with Crippen molar-refractivity contribution in [2.45, 2.75) is 13.3 Å². The largest absolute Gasteiger partial charge is 0.329 e. The van der Waals surface area contributed by atoms with E-state index in [1.54, 1.807) is 12.1 Å². The number of nitrogens with one attached hydrogen (secondary N) is 1. The Balaban J connectivity index is 2.11. The normalized spacial score (nSPS) is 10.9. The standard InChI is InChI=1S/C18H22Cl2N4O2S/c1-12-11-27-18(21-12)22-16(25)10-24(8-4-7-23(2)3)17(26)14-6-5-13(19)9-15(14)20/h5-6,9,11H,4,7-8,10H2,1-3H3,(H,21,22,25). The highest BCUT2D eigenvalue weighted by Crippen LogP contribution is 2.22. The molecule has 0 saturated carbocycles. The number of halogens is 2. The topological polar surface area (TPSA) is 65.5 Å². The van der Waals surface area contributed by atoms with Crippen molar-refractivity contribution in [2.75, 3.05) is 39.0 Å². The van der Waals surface area contributed by atoms with E-state index in [2.05, 4.69) is 10.3 Å². The summed E-state index contributed by atoms with van der Waals surface area (Å²) in [6.07, 6.45) is 0.730. The van der Waals surface area contributed by atoms with Gasteiger partial charge in [-0.1, -0.05) is 23.2 Å². The molecular formula is C18H22Cl2N4O2S. The summed E-state index contributed by atoms with van der Waals surface area (Å²) in [5, 5.41) is 5.82. The number of rotatable bonds is 8. The summed E-state index contributed by atoms with van der Waals surface area (Å²) in [5.74, 6) is -0.603. The average molecular weight is 429 g/mol. The number of hydrogen-bond donors (Lipinski definition) is 1. The molecule has 0 fully saturated rings. The van der Waals surface area contributed by atoms with E-state index in [0.717, 1.165) is 18.7 Å². The molecule has 0 aliphatic heterocycles. The van der Waals surface area contributed by atoms with Gasteiger partial charge in [0.1, 0.15) is 6.54 Å². The summed E-state index contributed by atoms with van der Waals surface area (Å²) in [6.45, 7) is 3.00. The smallest absolute Gasteiger partial charge is 0.255 e. The Bertz CT molecular complexity index is 810. The molecule has 0 bridgehead atoms. The minimum absolute atomic E-state index is 0.0795. The van der Waals surface area contributed by atoms with E-state index in [1.165, 1.54) is 22.3 Å². The van der Waals surface area contributed by atoms with Crippen LogP contribution in [0.3, 0.4) is 0 Å². The number of hydrogen-bond acceptors (Lipinski definition) is 5. The average Bonchev–Trinajstić information content (AvgIpc) is 2.97. The summed E-state index contributed by atoms with van der Waals surface area (Å²) in [6, 6.07) is 4.71. The zero-order valence-electron chi connectivity index (χ0n) is 15.5. The van der Waals surface area contributed by atoms with Gasteiger partial charge in [-0.05, 0) is 52.2 Å². The lowest BCUT2D eigenvalue weighted by molar-refractivity contribution is -0.116. The van der Waals surface area contributed by atoms with Crippen LogP contribution in [0.15, 0.2) is 23.6 Å². The van der Waals surface area contributed by atoms with Crippen molar-refractivity contribution >= 4 is 51.5 Å². The third-order valence-corrected chi connectivity index (χ3v) is 5.11. The molecule has 0 unspecified atom stereocenters. The molecule has 0 atom stereocenters. The molecule has 1 N–H and O–H groups in total. The quantitative estimate of drug-likeness (QED) is 0.694. The molecule has 0 saturated heterocycles. The molecule has 2 amide bonds. The van der Waals surface area contributed by atoms with Crippen LogP contribution in [0, 0.1) is 6.92 Å². The van der Waals surface area contributed by atoms with Gasteiger partial charge in [-0.25, -0.2) is 4.98 Å². The number of thiazole rings is 1. The zero-order valence-corrected chi connectivity index (χ0v) is 17.8. The summed E-state index contributed by atoms with van der Waals surface area (Å²) >= 11 is 13.4. The van der Waals surface area contributed by atoms with Gasteiger partial charge in [-0.2, -0.15) is 0 Å². The van der Waals surface area contributed by atoms with Crippen LogP contribution in [-0.2, 0) is 4.79 Å². The maximum absolute atomic E-state index is 12.9. The molecule has 0 aliphatic rings. The Labute approximate surface area is 173 Å². The van der Waals surface area contributed by atoms with Crippen LogP contribution in [0.2, 0.25) is 10.0 Å². The number of amides is 2. The lowest BCUT2D eigenvalue weighted by atomic mass is 10.2. The van der Waals surface area contributed by atoms with E-state index in [9.17, 15) is 9.59 Å². The Morgan fingerprint density at radius 2 is 1.96 bits per heavy atom. The van der Waals surface area contributed by atoms with Crippen molar-refractivity contribution in [1.29, 1.82) is 0 Å². The molecule has 1 aromatic carbocycles. The van der Waals surface area contributed by atoms with Crippen LogP contribution in [0.25, 0.3) is 0 Å². The first-order valence-electron chi connectivity index (χ1n) is 8.37. The zero-order chi connectivity index (χ0) is 20.0. The Morgan fingerprint density at radius 1 is 1.22 bits per heavy atom. The van der Waals surface area contributed by atoms with Gasteiger partial charge in [0.25, 0.3) is 5.91 Å². The van der Waals surface area contributed by atoms with Crippen molar-refractivity contribution in [3.05, 3.63) is 44.9 Å². The van der Waals surface area contributed by atoms with Crippen molar-refractivity contribution in [2.24, 2.45) is 0 Å². The van der Waals surface area contributed by atoms with Crippen molar-refractivity contribution in [1.82, 2.24) is 14.8 Å². The van der Waals surface area contributed by atoms with Crippen LogP contribution in [0.5, 0.6) is 0 Å². The van der Waals surface area contributed by atoms with E-state index < -0.39 is 0 Å². The number of aromatic nitrogens is 1. The lowest BCUT2D eigenvalue weighted by Gasteiger charge is -2.23. The minimum atomic E-state index is -0.305. The molecule has 9 heteroatoms. The van der Waals surface area contributed by atoms with E-state index >= 15 is 0 Å². The highest BCUT2D eigenvalue weighted by atomic mass is 35.5. The monoisotopic (exact) mass is 428 g/mol. The van der Waals surface area contributed by atoms with Gasteiger partial charge in [0.05, 0.1) is 16.3 Å². The van der Waals surface area contributed by atoms with Crippen molar-refractivity contribution < 1.29 is 9.59 Å². The predicted molar refractivity (Wildman–Crippen MR) is 111 cm³/mol. The maximum Gasteiger partial charge on any atom is 0.255 e. The molecule has 27 heavy (non-hydrogen) atoms. The van der Waals surface area contributed by atoms with E-state index in [-0.39, 0.29) is 23.4 Å². The Morgan fingerprint density at radius 3 is 2.56 bits per heavy atom. The van der Waals surface area contributed by atoms with Gasteiger partial charge in [0.15, 0.2) is 5.13 Å². The number of nitrogens with zero attached hydrogens (tertiary/aromatic N) is 3. The molecule has 2 rings (SSSR count). The van der Waals surface area contributed by atoms with Gasteiger partial charge in [0, 0.05) is 16.9 Å². The van der Waals surface area contributed by atoms with E-state index in [1.807, 2.05) is 31.3 Å². The molecule has 1 aromatic heterocycles. The summed E-state index contributed by atoms with van der Waals surface area (Å²) in [5.41, 5.74) is 1.16. The first-order valence-corrected chi connectivity index (χ1v) is 10.0.